The fourth-order valence-corrected chi connectivity index (χ4v) is 3.26. The Morgan fingerprint density at radius 1 is 1.40 bits per heavy atom. The monoisotopic (exact) mass is 280 g/mol. The van der Waals surface area contributed by atoms with Crippen molar-refractivity contribution in [3.63, 3.8) is 0 Å². The van der Waals surface area contributed by atoms with E-state index < -0.39 is 5.79 Å². The minimum atomic E-state index is -0.414. The average Bonchev–Trinajstić information content (AvgIpc) is 2.88. The summed E-state index contributed by atoms with van der Waals surface area (Å²) in [6.07, 6.45) is 9.48. The summed E-state index contributed by atoms with van der Waals surface area (Å²) in [5.41, 5.74) is 2.48. The Hall–Kier alpha value is -0.640. The number of rotatable bonds is 4. The molecular formula is C17H28O3. The van der Waals surface area contributed by atoms with Gasteiger partial charge in [-0.3, -0.25) is 0 Å². The molecule has 0 saturated carbocycles. The third kappa shape index (κ3) is 3.16. The lowest BCUT2D eigenvalue weighted by Gasteiger charge is -2.43. The van der Waals surface area contributed by atoms with E-state index in [0.717, 1.165) is 37.7 Å². The van der Waals surface area contributed by atoms with Crippen molar-refractivity contribution in [2.24, 2.45) is 5.41 Å². The van der Waals surface area contributed by atoms with Crippen molar-refractivity contribution < 1.29 is 14.6 Å². The number of ether oxygens (including phenoxy) is 2. The molecule has 3 nitrogen and oxygen atoms in total. The van der Waals surface area contributed by atoms with E-state index in [9.17, 15) is 0 Å². The van der Waals surface area contributed by atoms with Crippen LogP contribution in [-0.2, 0) is 9.47 Å². The first-order chi connectivity index (χ1) is 9.51. The molecule has 1 saturated heterocycles. The van der Waals surface area contributed by atoms with Crippen molar-refractivity contribution in [3.05, 3.63) is 23.3 Å². The normalized spacial score (nSPS) is 30.4. The smallest absolute Gasteiger partial charge is 0.174 e. The van der Waals surface area contributed by atoms with Crippen molar-refractivity contribution in [2.45, 2.75) is 58.7 Å². The van der Waals surface area contributed by atoms with Gasteiger partial charge in [0.25, 0.3) is 0 Å². The molecule has 0 aromatic carbocycles. The molecule has 0 aromatic heterocycles. The van der Waals surface area contributed by atoms with Crippen LogP contribution in [0.2, 0.25) is 0 Å². The van der Waals surface area contributed by atoms with E-state index in [2.05, 4.69) is 26.0 Å². The summed E-state index contributed by atoms with van der Waals surface area (Å²) in [5, 5.41) is 9.09. The van der Waals surface area contributed by atoms with Crippen LogP contribution in [0.15, 0.2) is 23.3 Å². The van der Waals surface area contributed by atoms with E-state index in [1.165, 1.54) is 5.57 Å². The zero-order chi connectivity index (χ0) is 14.6. The first-order valence-electron chi connectivity index (χ1n) is 7.71. The third-order valence-corrected chi connectivity index (χ3v) is 4.86. The van der Waals surface area contributed by atoms with Gasteiger partial charge < -0.3 is 14.6 Å². The predicted octanol–water partition coefficient (Wildman–Crippen LogP) is 3.58. The molecule has 2 rings (SSSR count). The van der Waals surface area contributed by atoms with Crippen molar-refractivity contribution in [2.75, 3.05) is 19.8 Å². The molecule has 1 atom stereocenters. The molecule has 1 fully saturated rings. The highest BCUT2D eigenvalue weighted by atomic mass is 16.7. The van der Waals surface area contributed by atoms with Gasteiger partial charge >= 0.3 is 0 Å². The fourth-order valence-electron chi connectivity index (χ4n) is 3.26. The lowest BCUT2D eigenvalue weighted by atomic mass is 9.73. The Kier molecular flexibility index (Phi) is 5.05. The van der Waals surface area contributed by atoms with Gasteiger partial charge in [-0.15, -0.1) is 0 Å². The maximum Gasteiger partial charge on any atom is 0.174 e. The SMILES string of the molecule is CC1=CCC(C)(CC/C=C(\C)CO)C2(CC1)OCCO2. The second-order valence-electron chi connectivity index (χ2n) is 6.51. The van der Waals surface area contributed by atoms with Gasteiger partial charge in [-0.1, -0.05) is 30.2 Å². The minimum absolute atomic E-state index is 0.00744. The van der Waals surface area contributed by atoms with Gasteiger partial charge in [0.1, 0.15) is 0 Å². The van der Waals surface area contributed by atoms with Crippen LogP contribution >= 0.6 is 0 Å². The van der Waals surface area contributed by atoms with Crippen LogP contribution in [0.25, 0.3) is 0 Å². The molecule has 1 spiro atoms. The van der Waals surface area contributed by atoms with Crippen LogP contribution in [0, 0.1) is 5.41 Å². The third-order valence-electron chi connectivity index (χ3n) is 4.86. The summed E-state index contributed by atoms with van der Waals surface area (Å²) in [5.74, 6) is -0.414. The van der Waals surface area contributed by atoms with E-state index in [1.807, 2.05) is 6.92 Å². The maximum atomic E-state index is 9.09. The Morgan fingerprint density at radius 3 is 2.75 bits per heavy atom. The summed E-state index contributed by atoms with van der Waals surface area (Å²) in [4.78, 5) is 0. The number of hydrogen-bond acceptors (Lipinski definition) is 3. The number of hydrogen-bond donors (Lipinski definition) is 1. The molecule has 0 bridgehead atoms. The molecule has 1 aliphatic carbocycles. The van der Waals surface area contributed by atoms with Crippen LogP contribution in [0.1, 0.15) is 52.9 Å². The fraction of sp³-hybridized carbons (Fsp3) is 0.765. The van der Waals surface area contributed by atoms with Gasteiger partial charge in [0.05, 0.1) is 19.8 Å². The molecule has 20 heavy (non-hydrogen) atoms. The molecule has 0 radical (unpaired) electrons. The second kappa shape index (κ2) is 6.42. The quantitative estimate of drug-likeness (QED) is 0.800. The largest absolute Gasteiger partial charge is 0.392 e. The van der Waals surface area contributed by atoms with Crippen molar-refractivity contribution in [1.82, 2.24) is 0 Å². The Balaban J connectivity index is 2.13. The van der Waals surface area contributed by atoms with Gasteiger partial charge in [0, 0.05) is 11.8 Å². The molecule has 1 unspecified atom stereocenters. The highest BCUT2D eigenvalue weighted by Gasteiger charge is 2.52. The molecule has 1 aliphatic heterocycles. The van der Waals surface area contributed by atoms with Crippen LogP contribution < -0.4 is 0 Å². The topological polar surface area (TPSA) is 38.7 Å². The molecule has 2 aliphatic rings. The molecule has 0 aromatic rings. The number of aliphatic hydroxyl groups is 1. The van der Waals surface area contributed by atoms with Gasteiger partial charge in [0.2, 0.25) is 0 Å². The summed E-state index contributed by atoms with van der Waals surface area (Å²) >= 11 is 0. The Labute approximate surface area is 122 Å². The molecule has 1 heterocycles. The number of allylic oxidation sites excluding steroid dienone is 3. The average molecular weight is 280 g/mol. The predicted molar refractivity (Wildman–Crippen MR) is 80.4 cm³/mol. The molecule has 114 valence electrons. The maximum absolute atomic E-state index is 9.09. The molecule has 3 heteroatoms. The van der Waals surface area contributed by atoms with Crippen molar-refractivity contribution in [3.8, 4) is 0 Å². The van der Waals surface area contributed by atoms with E-state index in [4.69, 9.17) is 14.6 Å². The van der Waals surface area contributed by atoms with Gasteiger partial charge in [-0.25, -0.2) is 0 Å². The first kappa shape index (κ1) is 15.7. The lowest BCUT2D eigenvalue weighted by molar-refractivity contribution is -0.236. The summed E-state index contributed by atoms with van der Waals surface area (Å²) in [6.45, 7) is 8.02. The summed E-state index contributed by atoms with van der Waals surface area (Å²) in [6, 6.07) is 0. The van der Waals surface area contributed by atoms with E-state index in [1.54, 1.807) is 0 Å². The Morgan fingerprint density at radius 2 is 2.10 bits per heavy atom. The highest BCUT2D eigenvalue weighted by molar-refractivity contribution is 5.10. The van der Waals surface area contributed by atoms with Crippen LogP contribution in [0.3, 0.4) is 0 Å². The van der Waals surface area contributed by atoms with Crippen LogP contribution in [0.4, 0.5) is 0 Å². The summed E-state index contributed by atoms with van der Waals surface area (Å²) < 4.78 is 12.2. The molecule has 0 amide bonds. The second-order valence-corrected chi connectivity index (χ2v) is 6.51. The van der Waals surface area contributed by atoms with Crippen molar-refractivity contribution in [1.29, 1.82) is 0 Å². The lowest BCUT2D eigenvalue weighted by Crippen LogP contribution is -2.47. The first-order valence-corrected chi connectivity index (χ1v) is 7.71. The highest BCUT2D eigenvalue weighted by Crippen LogP contribution is 2.50. The standard InChI is InChI=1S/C17H28O3/c1-14-6-9-16(3,8-4-5-15(2)13-18)17(10-7-14)19-11-12-20-17/h5-6,18H,4,7-13H2,1-3H3/b15-5+. The van der Waals surface area contributed by atoms with Crippen LogP contribution in [0.5, 0.6) is 0 Å². The van der Waals surface area contributed by atoms with Crippen LogP contribution in [-0.4, -0.2) is 30.7 Å². The van der Waals surface area contributed by atoms with Gasteiger partial charge in [-0.05, 0) is 39.5 Å². The zero-order valence-corrected chi connectivity index (χ0v) is 13.1. The molecular weight excluding hydrogens is 252 g/mol. The van der Waals surface area contributed by atoms with E-state index >= 15 is 0 Å². The van der Waals surface area contributed by atoms with Gasteiger partial charge in [0.15, 0.2) is 5.79 Å². The summed E-state index contributed by atoms with van der Waals surface area (Å²) in [7, 11) is 0. The molecule has 1 N–H and O–H groups in total. The minimum Gasteiger partial charge on any atom is -0.392 e. The Bertz CT molecular complexity index is 391. The van der Waals surface area contributed by atoms with E-state index in [0.29, 0.717) is 13.2 Å². The van der Waals surface area contributed by atoms with Gasteiger partial charge in [-0.2, -0.15) is 0 Å². The zero-order valence-electron chi connectivity index (χ0n) is 13.1. The van der Waals surface area contributed by atoms with Crippen molar-refractivity contribution >= 4 is 0 Å². The van der Waals surface area contributed by atoms with E-state index in [-0.39, 0.29) is 12.0 Å². The number of aliphatic hydroxyl groups excluding tert-OH is 1.